The van der Waals surface area contributed by atoms with E-state index in [0.29, 0.717) is 0 Å². The molecule has 0 spiro atoms. The first kappa shape index (κ1) is 26.1. The van der Waals surface area contributed by atoms with E-state index in [1.54, 1.807) is 0 Å². The van der Waals surface area contributed by atoms with Crippen molar-refractivity contribution in [1.82, 2.24) is 19.4 Å². The summed E-state index contributed by atoms with van der Waals surface area (Å²) in [7, 11) is 0. The summed E-state index contributed by atoms with van der Waals surface area (Å²) in [5.74, 6) is 0. The Labute approximate surface area is 272 Å². The first-order chi connectivity index (χ1) is 21.8. The number of rotatable bonds is 3. The van der Waals surface area contributed by atoms with Crippen molar-refractivity contribution in [2.75, 3.05) is 0 Å². The molecule has 10 aromatic rings. The Morgan fingerprint density at radius 2 is 1.31 bits per heavy atom. The van der Waals surface area contributed by atoms with Crippen molar-refractivity contribution >= 4 is 60.0 Å². The molecule has 0 atom stereocenters. The van der Waals surface area contributed by atoms with Gasteiger partial charge in [0.15, 0.2) is 0 Å². The van der Waals surface area contributed by atoms with Gasteiger partial charge in [-0.1, -0.05) is 102 Å². The van der Waals surface area contributed by atoms with Gasteiger partial charge in [-0.05, 0) is 62.3 Å². The molecule has 5 heterocycles. The molecule has 5 heteroatoms. The van der Waals surface area contributed by atoms with E-state index in [9.17, 15) is 0 Å². The van der Waals surface area contributed by atoms with E-state index in [1.165, 1.54) is 21.7 Å². The van der Waals surface area contributed by atoms with E-state index in [4.69, 9.17) is 15.0 Å². The zero-order valence-electron chi connectivity index (χ0n) is 23.8. The Morgan fingerprint density at radius 3 is 2.22 bits per heavy atom. The van der Waals surface area contributed by atoms with Gasteiger partial charge in [0, 0.05) is 17.0 Å². The normalized spacial score (nSPS) is 11.8. The maximum absolute atomic E-state index is 5.30. The number of benzene rings is 5. The molecule has 4 nitrogen and oxygen atoms in total. The fourth-order valence-corrected chi connectivity index (χ4v) is 6.96. The van der Waals surface area contributed by atoms with Crippen molar-refractivity contribution in [3.05, 3.63) is 140 Å². The molecule has 0 saturated carbocycles. The molecule has 0 amide bonds. The summed E-state index contributed by atoms with van der Waals surface area (Å²) in [5.41, 5.74) is 11.1. The van der Waals surface area contributed by atoms with Gasteiger partial charge in [0.2, 0.25) is 0 Å². The van der Waals surface area contributed by atoms with Crippen molar-refractivity contribution in [2.24, 2.45) is 0 Å². The van der Waals surface area contributed by atoms with Gasteiger partial charge in [-0.25, -0.2) is 4.98 Å². The third-order valence-electron chi connectivity index (χ3n) is 8.93. The van der Waals surface area contributed by atoms with Gasteiger partial charge < -0.3 is 9.38 Å². The Balaban J connectivity index is 0.00000281. The molecular formula is C40H22N4Pt. The molecule has 0 radical (unpaired) electrons. The molecule has 0 aliphatic carbocycles. The molecule has 0 unspecified atom stereocenters. The third-order valence-corrected chi connectivity index (χ3v) is 8.93. The van der Waals surface area contributed by atoms with E-state index < -0.39 is 0 Å². The van der Waals surface area contributed by atoms with Crippen LogP contribution < -0.4 is 4.98 Å². The summed E-state index contributed by atoms with van der Waals surface area (Å²) >= 11 is 0. The van der Waals surface area contributed by atoms with Crippen LogP contribution in [0.5, 0.6) is 0 Å². The minimum Gasteiger partial charge on any atom is -0.656 e. The third kappa shape index (κ3) is 3.76. The van der Waals surface area contributed by atoms with Crippen LogP contribution in [0.3, 0.4) is 0 Å². The number of nitrogens with zero attached hydrogens (tertiary/aromatic N) is 4. The van der Waals surface area contributed by atoms with Crippen molar-refractivity contribution in [3.63, 3.8) is 0 Å². The van der Waals surface area contributed by atoms with Crippen LogP contribution in [0.15, 0.2) is 134 Å². The molecule has 0 bridgehead atoms. The van der Waals surface area contributed by atoms with Gasteiger partial charge in [-0.2, -0.15) is 0 Å². The number of fused-ring (bicyclic) bond motifs is 9. The molecule has 0 saturated heterocycles. The number of hydrogen-bond donors (Lipinski definition) is 0. The second kappa shape index (κ2) is 9.85. The summed E-state index contributed by atoms with van der Waals surface area (Å²) < 4.78 is 2.26. The summed E-state index contributed by atoms with van der Waals surface area (Å²) in [6.45, 7) is 0. The molecule has 0 aliphatic rings. The van der Waals surface area contributed by atoms with Crippen LogP contribution in [-0.2, 0) is 21.1 Å². The molecule has 212 valence electrons. The quantitative estimate of drug-likeness (QED) is 0.169. The fourth-order valence-electron chi connectivity index (χ4n) is 6.96. The zero-order valence-corrected chi connectivity index (χ0v) is 26.1. The van der Waals surface area contributed by atoms with Crippen LogP contribution in [0.4, 0.5) is 0 Å². The van der Waals surface area contributed by atoms with Crippen LogP contribution >= 0.6 is 0 Å². The maximum Gasteiger partial charge on any atom is 2.00 e. The van der Waals surface area contributed by atoms with Gasteiger partial charge in [0.05, 0.1) is 11.2 Å². The summed E-state index contributed by atoms with van der Waals surface area (Å²) in [4.78, 5) is 15.1. The number of hydrogen-bond acceptors (Lipinski definition) is 2. The molecule has 10 rings (SSSR count). The average molecular weight is 754 g/mol. The average Bonchev–Trinajstić information content (AvgIpc) is 3.75. The summed E-state index contributed by atoms with van der Waals surface area (Å²) in [6, 6.07) is 48.4. The molecule has 5 aromatic heterocycles. The van der Waals surface area contributed by atoms with E-state index >= 15 is 0 Å². The van der Waals surface area contributed by atoms with Gasteiger partial charge in [-0.3, -0.25) is 4.98 Å². The van der Waals surface area contributed by atoms with Crippen molar-refractivity contribution in [2.45, 2.75) is 0 Å². The van der Waals surface area contributed by atoms with Crippen LogP contribution in [0.25, 0.3) is 93.7 Å². The standard InChI is InChI=1S/C40H22N4.Pt/c1-2-9-24(10-3-1)26-21-35(42-36(22-26)33-15-6-12-29-27-11-4-5-17-34(27)43-38(29)33)25-18-19-28-30-13-7-14-31-32-16-8-20-41-40(32)44(39(30)31)37(28)23-25;/h1-22H;/q-2;+2. The van der Waals surface area contributed by atoms with E-state index in [2.05, 4.69) is 126 Å². The van der Waals surface area contributed by atoms with Gasteiger partial charge in [-0.15, -0.1) is 34.8 Å². The van der Waals surface area contributed by atoms with E-state index in [1.807, 2.05) is 18.3 Å². The number of aromatic nitrogens is 4. The fraction of sp³-hybridized carbons (Fsp3) is 0. The minimum absolute atomic E-state index is 0. The zero-order chi connectivity index (χ0) is 28.8. The van der Waals surface area contributed by atoms with Gasteiger partial charge in [0.1, 0.15) is 5.65 Å². The van der Waals surface area contributed by atoms with Crippen molar-refractivity contribution in [3.8, 4) is 33.6 Å². The minimum atomic E-state index is 0. The summed E-state index contributed by atoms with van der Waals surface area (Å²) in [5, 5.41) is 7.05. The van der Waals surface area contributed by atoms with Crippen LogP contribution in [0.2, 0.25) is 0 Å². The second-order valence-corrected chi connectivity index (χ2v) is 11.4. The molecule has 45 heavy (non-hydrogen) atoms. The molecule has 5 aromatic carbocycles. The second-order valence-electron chi connectivity index (χ2n) is 11.4. The monoisotopic (exact) mass is 753 g/mol. The van der Waals surface area contributed by atoms with Crippen molar-refractivity contribution < 1.29 is 21.1 Å². The predicted molar refractivity (Wildman–Crippen MR) is 180 cm³/mol. The van der Waals surface area contributed by atoms with Gasteiger partial charge in [0.25, 0.3) is 0 Å². The Hall–Kier alpha value is -5.31. The molecule has 0 aliphatic heterocycles. The van der Waals surface area contributed by atoms with Crippen molar-refractivity contribution in [1.29, 1.82) is 0 Å². The smallest absolute Gasteiger partial charge is 0.656 e. The molecular weight excluding hydrogens is 732 g/mol. The Morgan fingerprint density at radius 1 is 0.578 bits per heavy atom. The maximum atomic E-state index is 5.30. The van der Waals surface area contributed by atoms with Crippen LogP contribution in [-0.4, -0.2) is 14.4 Å². The van der Waals surface area contributed by atoms with Gasteiger partial charge >= 0.3 is 21.1 Å². The van der Waals surface area contributed by atoms with E-state index in [0.717, 1.165) is 72.0 Å². The first-order valence-electron chi connectivity index (χ1n) is 14.8. The Bertz CT molecular complexity index is 2720. The Kier molecular flexibility index (Phi) is 5.72. The van der Waals surface area contributed by atoms with Crippen LogP contribution in [0, 0.1) is 6.07 Å². The van der Waals surface area contributed by atoms with Crippen LogP contribution in [0.1, 0.15) is 0 Å². The summed E-state index contributed by atoms with van der Waals surface area (Å²) in [6.07, 6.45) is 1.87. The molecule has 0 N–H and O–H groups in total. The number of pyridine rings is 2. The largest absolute Gasteiger partial charge is 2.00 e. The SMILES string of the molecule is [Pt+2].[c-]1c(-c2cc(-c3ccccc3)cc(-c3cccc4c3[n-]c3ccccc34)n2)ccc2c3cccc4c5cccnc5n(c12)c34. The molecule has 0 fully saturated rings. The predicted octanol–water partition coefficient (Wildman–Crippen LogP) is 9.69. The topological polar surface area (TPSA) is 44.3 Å². The number of para-hydroxylation sites is 3. The first-order valence-corrected chi connectivity index (χ1v) is 14.8. The van der Waals surface area contributed by atoms with E-state index in [-0.39, 0.29) is 21.1 Å².